The standard InChI is InChI=1S/C21H23N7O/c1-15-23-19(14-26(15)2)20-8-7-18-13-22-21(25-28(18)20)24-16-3-5-17(6-4-16)27-9-11-29-12-10-27/h3-8,13-14H,9-12H2,1-2H3,(H,24,25). The first-order valence-corrected chi connectivity index (χ1v) is 9.72. The third kappa shape index (κ3) is 3.42. The quantitative estimate of drug-likeness (QED) is 0.578. The van der Waals surface area contributed by atoms with E-state index >= 15 is 0 Å². The lowest BCUT2D eigenvalue weighted by Crippen LogP contribution is -2.36. The predicted octanol–water partition coefficient (Wildman–Crippen LogP) is 3.02. The lowest BCUT2D eigenvalue weighted by Gasteiger charge is -2.28. The van der Waals surface area contributed by atoms with E-state index in [4.69, 9.17) is 4.74 Å². The number of anilines is 3. The van der Waals surface area contributed by atoms with Gasteiger partial charge in [-0.2, -0.15) is 0 Å². The van der Waals surface area contributed by atoms with E-state index in [0.29, 0.717) is 5.95 Å². The maximum absolute atomic E-state index is 5.42. The van der Waals surface area contributed by atoms with Crippen molar-refractivity contribution in [2.24, 2.45) is 7.05 Å². The molecular formula is C21H23N7O. The van der Waals surface area contributed by atoms with E-state index in [0.717, 1.165) is 54.7 Å². The maximum atomic E-state index is 5.42. The highest BCUT2D eigenvalue weighted by atomic mass is 16.5. The topological polar surface area (TPSA) is 72.5 Å². The molecule has 148 valence electrons. The molecule has 1 N–H and O–H groups in total. The van der Waals surface area contributed by atoms with Gasteiger partial charge in [0.1, 0.15) is 11.5 Å². The van der Waals surface area contributed by atoms with Crippen molar-refractivity contribution < 1.29 is 4.74 Å². The van der Waals surface area contributed by atoms with Crippen molar-refractivity contribution in [3.8, 4) is 11.4 Å². The average Bonchev–Trinajstić information content (AvgIpc) is 3.32. The van der Waals surface area contributed by atoms with E-state index in [9.17, 15) is 0 Å². The predicted molar refractivity (Wildman–Crippen MR) is 113 cm³/mol. The van der Waals surface area contributed by atoms with Gasteiger partial charge in [0, 0.05) is 37.7 Å². The smallest absolute Gasteiger partial charge is 0.245 e. The fourth-order valence-electron chi connectivity index (χ4n) is 3.54. The fourth-order valence-corrected chi connectivity index (χ4v) is 3.54. The van der Waals surface area contributed by atoms with Gasteiger partial charge in [0.15, 0.2) is 0 Å². The monoisotopic (exact) mass is 389 g/mol. The summed E-state index contributed by atoms with van der Waals surface area (Å²) in [6, 6.07) is 12.4. The van der Waals surface area contributed by atoms with Crippen LogP contribution in [0.2, 0.25) is 0 Å². The van der Waals surface area contributed by atoms with E-state index in [1.54, 1.807) is 0 Å². The van der Waals surface area contributed by atoms with Crippen LogP contribution in [0.25, 0.3) is 16.9 Å². The zero-order valence-electron chi connectivity index (χ0n) is 16.5. The average molecular weight is 389 g/mol. The molecule has 1 aliphatic heterocycles. The Morgan fingerprint density at radius 1 is 1.03 bits per heavy atom. The van der Waals surface area contributed by atoms with Gasteiger partial charge in [-0.05, 0) is 43.3 Å². The molecule has 0 radical (unpaired) electrons. The number of imidazole rings is 1. The lowest BCUT2D eigenvalue weighted by molar-refractivity contribution is 0.122. The number of benzene rings is 1. The molecule has 8 nitrogen and oxygen atoms in total. The van der Waals surface area contributed by atoms with E-state index in [-0.39, 0.29) is 0 Å². The summed E-state index contributed by atoms with van der Waals surface area (Å²) in [6.07, 6.45) is 3.83. The van der Waals surface area contributed by atoms with Crippen molar-refractivity contribution in [2.45, 2.75) is 6.92 Å². The highest BCUT2D eigenvalue weighted by Crippen LogP contribution is 2.23. The van der Waals surface area contributed by atoms with Crippen LogP contribution >= 0.6 is 0 Å². The Morgan fingerprint density at radius 2 is 1.83 bits per heavy atom. The minimum absolute atomic E-state index is 0.543. The molecule has 5 rings (SSSR count). The number of nitrogens with zero attached hydrogens (tertiary/aromatic N) is 6. The number of rotatable bonds is 4. The van der Waals surface area contributed by atoms with Gasteiger partial charge >= 0.3 is 0 Å². The molecule has 0 bridgehead atoms. The fraction of sp³-hybridized carbons (Fsp3) is 0.286. The third-order valence-electron chi connectivity index (χ3n) is 5.27. The summed E-state index contributed by atoms with van der Waals surface area (Å²) < 4.78 is 9.30. The molecule has 4 aromatic rings. The molecule has 0 spiro atoms. The van der Waals surface area contributed by atoms with Crippen LogP contribution in [-0.4, -0.2) is 50.5 Å². The third-order valence-corrected chi connectivity index (χ3v) is 5.27. The van der Waals surface area contributed by atoms with Crippen molar-refractivity contribution in [1.82, 2.24) is 24.1 Å². The molecule has 0 atom stereocenters. The molecule has 8 heteroatoms. The molecule has 1 fully saturated rings. The second-order valence-corrected chi connectivity index (χ2v) is 7.19. The Bertz CT molecular complexity index is 1120. The molecule has 4 heterocycles. The van der Waals surface area contributed by atoms with E-state index in [2.05, 4.69) is 49.5 Å². The molecule has 0 aliphatic carbocycles. The van der Waals surface area contributed by atoms with Crippen LogP contribution in [-0.2, 0) is 11.8 Å². The van der Waals surface area contributed by atoms with Crippen LogP contribution in [0.15, 0.2) is 48.8 Å². The Balaban J connectivity index is 1.40. The van der Waals surface area contributed by atoms with Crippen LogP contribution in [0.5, 0.6) is 0 Å². The molecule has 1 aliphatic rings. The van der Waals surface area contributed by atoms with Crippen molar-refractivity contribution in [3.05, 3.63) is 54.6 Å². The van der Waals surface area contributed by atoms with Crippen molar-refractivity contribution in [3.63, 3.8) is 0 Å². The van der Waals surface area contributed by atoms with Gasteiger partial charge in [-0.1, -0.05) is 0 Å². The SMILES string of the molecule is Cc1nc(-c2ccc3cnc(Nc4ccc(N5CCOCC5)cc4)nn23)cn1C. The Kier molecular flexibility index (Phi) is 4.40. The zero-order chi connectivity index (χ0) is 19.8. The number of aromatic nitrogens is 5. The number of nitrogens with one attached hydrogen (secondary N) is 1. The zero-order valence-corrected chi connectivity index (χ0v) is 16.5. The maximum Gasteiger partial charge on any atom is 0.245 e. The van der Waals surface area contributed by atoms with Crippen LogP contribution in [0.3, 0.4) is 0 Å². The van der Waals surface area contributed by atoms with Crippen LogP contribution in [0.4, 0.5) is 17.3 Å². The first-order chi connectivity index (χ1) is 14.2. The summed E-state index contributed by atoms with van der Waals surface area (Å²) in [5, 5.41) is 7.98. The van der Waals surface area contributed by atoms with Gasteiger partial charge in [-0.25, -0.2) is 14.5 Å². The molecule has 0 unspecified atom stereocenters. The Labute approximate surface area is 168 Å². The summed E-state index contributed by atoms with van der Waals surface area (Å²) >= 11 is 0. The van der Waals surface area contributed by atoms with Crippen LogP contribution in [0, 0.1) is 6.92 Å². The lowest BCUT2D eigenvalue weighted by atomic mass is 10.2. The summed E-state index contributed by atoms with van der Waals surface area (Å²) in [6.45, 7) is 5.40. The summed E-state index contributed by atoms with van der Waals surface area (Å²) in [7, 11) is 1.99. The highest BCUT2D eigenvalue weighted by Gasteiger charge is 2.13. The van der Waals surface area contributed by atoms with Crippen molar-refractivity contribution >= 4 is 22.8 Å². The number of aryl methyl sites for hydroxylation is 2. The number of morpholine rings is 1. The molecular weight excluding hydrogens is 366 g/mol. The summed E-state index contributed by atoms with van der Waals surface area (Å²) in [5.74, 6) is 1.50. The molecule has 0 saturated carbocycles. The summed E-state index contributed by atoms with van der Waals surface area (Å²) in [5.41, 5.74) is 4.91. The molecule has 29 heavy (non-hydrogen) atoms. The summed E-state index contributed by atoms with van der Waals surface area (Å²) in [4.78, 5) is 11.4. The van der Waals surface area contributed by atoms with E-state index in [1.807, 2.05) is 47.6 Å². The first-order valence-electron chi connectivity index (χ1n) is 9.72. The van der Waals surface area contributed by atoms with Gasteiger partial charge in [0.05, 0.1) is 30.6 Å². The van der Waals surface area contributed by atoms with Gasteiger partial charge in [-0.15, -0.1) is 5.10 Å². The molecule has 3 aromatic heterocycles. The van der Waals surface area contributed by atoms with E-state index < -0.39 is 0 Å². The molecule has 0 amide bonds. The Hall–Kier alpha value is -3.39. The van der Waals surface area contributed by atoms with Crippen LogP contribution < -0.4 is 10.2 Å². The number of hydrogen-bond acceptors (Lipinski definition) is 6. The first kappa shape index (κ1) is 17.7. The second-order valence-electron chi connectivity index (χ2n) is 7.19. The Morgan fingerprint density at radius 3 is 2.55 bits per heavy atom. The van der Waals surface area contributed by atoms with Gasteiger partial charge in [0.2, 0.25) is 5.95 Å². The van der Waals surface area contributed by atoms with Crippen molar-refractivity contribution in [1.29, 1.82) is 0 Å². The normalized spacial score (nSPS) is 14.5. The van der Waals surface area contributed by atoms with Gasteiger partial charge in [0.25, 0.3) is 0 Å². The van der Waals surface area contributed by atoms with Gasteiger partial charge in [-0.3, -0.25) is 0 Å². The number of hydrogen-bond donors (Lipinski definition) is 1. The van der Waals surface area contributed by atoms with Gasteiger partial charge < -0.3 is 19.5 Å². The number of ether oxygens (including phenoxy) is 1. The molecule has 1 aromatic carbocycles. The minimum Gasteiger partial charge on any atom is -0.378 e. The molecule has 1 saturated heterocycles. The van der Waals surface area contributed by atoms with Crippen LogP contribution in [0.1, 0.15) is 5.82 Å². The second kappa shape index (κ2) is 7.21. The van der Waals surface area contributed by atoms with Crippen molar-refractivity contribution in [2.75, 3.05) is 36.5 Å². The van der Waals surface area contributed by atoms with E-state index in [1.165, 1.54) is 5.69 Å². The minimum atomic E-state index is 0.543. The largest absolute Gasteiger partial charge is 0.378 e. The number of fused-ring (bicyclic) bond motifs is 1. The highest BCUT2D eigenvalue weighted by molar-refractivity contribution is 5.64.